The predicted octanol–water partition coefficient (Wildman–Crippen LogP) is 4.20. The van der Waals surface area contributed by atoms with Gasteiger partial charge in [-0.3, -0.25) is 0 Å². The van der Waals surface area contributed by atoms with Gasteiger partial charge in [-0.2, -0.15) is 5.26 Å². The van der Waals surface area contributed by atoms with E-state index in [1.165, 1.54) is 17.2 Å². The molecule has 0 spiro atoms. The lowest BCUT2D eigenvalue weighted by molar-refractivity contribution is 0.413. The van der Waals surface area contributed by atoms with Crippen molar-refractivity contribution in [2.75, 3.05) is 13.7 Å². The highest BCUT2D eigenvalue weighted by atomic mass is 16.5. The summed E-state index contributed by atoms with van der Waals surface area (Å²) in [6.07, 6.45) is 5.51. The third-order valence-corrected chi connectivity index (χ3v) is 5.40. The number of aromatic amines is 1. The fourth-order valence-electron chi connectivity index (χ4n) is 3.77. The number of nitrogens with zero attached hydrogens (tertiary/aromatic N) is 5. The minimum absolute atomic E-state index is 0.287. The van der Waals surface area contributed by atoms with E-state index in [9.17, 15) is 5.26 Å². The van der Waals surface area contributed by atoms with Gasteiger partial charge in [-0.25, -0.2) is 9.67 Å². The molecule has 0 aliphatic rings. The third-order valence-electron chi connectivity index (χ3n) is 5.40. The molecule has 168 valence electrons. The van der Waals surface area contributed by atoms with E-state index in [-0.39, 0.29) is 5.69 Å². The van der Waals surface area contributed by atoms with Gasteiger partial charge in [0.25, 0.3) is 0 Å². The highest BCUT2D eigenvalue weighted by Gasteiger charge is 2.13. The molecule has 4 aromatic rings. The van der Waals surface area contributed by atoms with Gasteiger partial charge in [0.2, 0.25) is 0 Å². The van der Waals surface area contributed by atoms with Gasteiger partial charge in [0.05, 0.1) is 26.0 Å². The van der Waals surface area contributed by atoms with Gasteiger partial charge < -0.3 is 15.0 Å². The Morgan fingerprint density at radius 2 is 2.18 bits per heavy atom. The molecule has 0 radical (unpaired) electrons. The third kappa shape index (κ3) is 5.27. The van der Waals surface area contributed by atoms with E-state index in [4.69, 9.17) is 4.74 Å². The topological polar surface area (TPSA) is 104 Å². The highest BCUT2D eigenvalue weighted by Crippen LogP contribution is 2.24. The van der Waals surface area contributed by atoms with E-state index >= 15 is 0 Å². The lowest BCUT2D eigenvalue weighted by Crippen LogP contribution is -2.16. The monoisotopic (exact) mass is 441 g/mol. The quantitative estimate of drug-likeness (QED) is 0.358. The van der Waals surface area contributed by atoms with Gasteiger partial charge >= 0.3 is 0 Å². The van der Waals surface area contributed by atoms with Crippen LogP contribution in [-0.2, 0) is 13.1 Å². The van der Waals surface area contributed by atoms with E-state index in [2.05, 4.69) is 69.4 Å². The summed E-state index contributed by atoms with van der Waals surface area (Å²) in [5.74, 6) is 0.565. The molecule has 1 aromatic carbocycles. The fourth-order valence-corrected chi connectivity index (χ4v) is 3.77. The van der Waals surface area contributed by atoms with Crippen molar-refractivity contribution in [3.63, 3.8) is 0 Å². The first kappa shape index (κ1) is 22.2. The van der Waals surface area contributed by atoms with Crippen LogP contribution in [0.4, 0.5) is 0 Å². The van der Waals surface area contributed by atoms with Crippen molar-refractivity contribution in [1.82, 2.24) is 30.3 Å². The Hall–Kier alpha value is -3.96. The van der Waals surface area contributed by atoms with Crippen LogP contribution in [-0.4, -0.2) is 38.6 Å². The number of H-pyrrole nitrogens is 1. The zero-order valence-electron chi connectivity index (χ0n) is 18.9. The van der Waals surface area contributed by atoms with Crippen molar-refractivity contribution < 1.29 is 4.74 Å². The maximum atomic E-state index is 9.37. The van der Waals surface area contributed by atoms with Gasteiger partial charge in [0, 0.05) is 29.9 Å². The second-order valence-corrected chi connectivity index (χ2v) is 8.00. The molecule has 8 heteroatoms. The molecule has 33 heavy (non-hydrogen) atoms. The smallest absolute Gasteiger partial charge is 0.150 e. The molecule has 0 saturated heterocycles. The zero-order chi connectivity index (χ0) is 23.2. The van der Waals surface area contributed by atoms with Crippen molar-refractivity contribution >= 4 is 10.9 Å². The first-order valence-electron chi connectivity index (χ1n) is 10.9. The van der Waals surface area contributed by atoms with E-state index in [1.54, 1.807) is 17.9 Å². The molecule has 0 aliphatic carbocycles. The number of rotatable bonds is 10. The molecule has 0 atom stereocenters. The summed E-state index contributed by atoms with van der Waals surface area (Å²) < 4.78 is 6.98. The second-order valence-electron chi connectivity index (χ2n) is 8.00. The van der Waals surface area contributed by atoms with Gasteiger partial charge in [-0.1, -0.05) is 42.8 Å². The number of fused-ring (bicyclic) bond motifs is 1. The van der Waals surface area contributed by atoms with Crippen LogP contribution >= 0.6 is 0 Å². The Labute approximate surface area is 192 Å². The molecule has 4 rings (SSSR count). The molecule has 0 saturated carbocycles. The first-order valence-corrected chi connectivity index (χ1v) is 10.9. The minimum Gasteiger partial charge on any atom is -0.495 e. The van der Waals surface area contributed by atoms with E-state index in [0.717, 1.165) is 42.7 Å². The Morgan fingerprint density at radius 3 is 2.97 bits per heavy atom. The lowest BCUT2D eigenvalue weighted by Gasteiger charge is -2.05. The van der Waals surface area contributed by atoms with Crippen molar-refractivity contribution in [2.45, 2.75) is 32.9 Å². The number of pyridine rings is 1. The molecular weight excluding hydrogens is 414 g/mol. The van der Waals surface area contributed by atoms with Gasteiger partial charge in [-0.05, 0) is 35.6 Å². The maximum absolute atomic E-state index is 9.37. The molecule has 3 aromatic heterocycles. The normalized spacial score (nSPS) is 10.9. The van der Waals surface area contributed by atoms with Crippen LogP contribution in [0.1, 0.15) is 36.7 Å². The van der Waals surface area contributed by atoms with Crippen LogP contribution in [0.2, 0.25) is 0 Å². The van der Waals surface area contributed by atoms with Crippen LogP contribution in [0.5, 0.6) is 5.75 Å². The van der Waals surface area contributed by atoms with Crippen LogP contribution < -0.4 is 10.1 Å². The van der Waals surface area contributed by atoms with Gasteiger partial charge in [-0.15, -0.1) is 5.10 Å². The number of hydrogen-bond acceptors (Lipinski definition) is 6. The molecule has 8 nitrogen and oxygen atoms in total. The Bertz CT molecular complexity index is 1310. The summed E-state index contributed by atoms with van der Waals surface area (Å²) in [5.41, 5.74) is 6.02. The number of nitriles is 1. The summed E-state index contributed by atoms with van der Waals surface area (Å²) in [5, 5.41) is 22.5. The number of nitrogens with one attached hydrogen (secondary N) is 2. The van der Waals surface area contributed by atoms with Gasteiger partial charge in [0.15, 0.2) is 0 Å². The van der Waals surface area contributed by atoms with Crippen molar-refractivity contribution in [2.24, 2.45) is 0 Å². The average Bonchev–Trinajstić information content (AvgIpc) is 3.45. The SMILES string of the molecule is C=C(CCC)CNCc1cc2ccc(Cn3cc(-c4cc(OC)cnc4C#N)nn3)cc2[nH]1. The van der Waals surface area contributed by atoms with Crippen LogP contribution in [0.25, 0.3) is 22.2 Å². The molecule has 0 bridgehead atoms. The molecule has 0 aliphatic heterocycles. The number of hydrogen-bond donors (Lipinski definition) is 2. The summed E-state index contributed by atoms with van der Waals surface area (Å²) in [4.78, 5) is 7.63. The number of methoxy groups -OCH3 is 1. The summed E-state index contributed by atoms with van der Waals surface area (Å²) >= 11 is 0. The van der Waals surface area contributed by atoms with E-state index < -0.39 is 0 Å². The highest BCUT2D eigenvalue weighted by molar-refractivity contribution is 5.81. The molecule has 0 fully saturated rings. The van der Waals surface area contributed by atoms with Crippen LogP contribution in [0.15, 0.2) is 54.9 Å². The maximum Gasteiger partial charge on any atom is 0.150 e. The zero-order valence-corrected chi connectivity index (χ0v) is 18.9. The van der Waals surface area contributed by atoms with E-state index in [0.29, 0.717) is 23.6 Å². The predicted molar refractivity (Wildman–Crippen MR) is 128 cm³/mol. The molecule has 0 unspecified atom stereocenters. The van der Waals surface area contributed by atoms with Gasteiger partial charge in [0.1, 0.15) is 23.2 Å². The Morgan fingerprint density at radius 1 is 1.30 bits per heavy atom. The minimum atomic E-state index is 0.287. The number of aromatic nitrogens is 5. The molecule has 0 amide bonds. The van der Waals surface area contributed by atoms with Crippen LogP contribution in [0.3, 0.4) is 0 Å². The second kappa shape index (κ2) is 10.1. The Kier molecular flexibility index (Phi) is 6.81. The number of benzene rings is 1. The standard InChI is InChI=1S/C25H27N7O/c1-4-5-17(2)12-27-13-20-9-19-7-6-18(8-23(19)29-20)15-32-16-25(30-31-32)22-10-21(33-3)14-28-24(22)11-26/h6-10,14,16,27,29H,2,4-5,12-13,15H2,1,3H3. The molecular formula is C25H27N7O. The van der Waals surface area contributed by atoms with Crippen LogP contribution in [0, 0.1) is 11.3 Å². The van der Waals surface area contributed by atoms with Crippen molar-refractivity contribution in [3.8, 4) is 23.1 Å². The average molecular weight is 442 g/mol. The summed E-state index contributed by atoms with van der Waals surface area (Å²) in [7, 11) is 1.56. The summed E-state index contributed by atoms with van der Waals surface area (Å²) in [6, 6.07) is 12.3. The number of ether oxygens (including phenoxy) is 1. The van der Waals surface area contributed by atoms with E-state index in [1.807, 2.05) is 6.20 Å². The Balaban J connectivity index is 1.46. The molecule has 3 heterocycles. The fraction of sp³-hybridized carbons (Fsp3) is 0.280. The van der Waals surface area contributed by atoms with Crippen molar-refractivity contribution in [3.05, 3.63) is 71.8 Å². The lowest BCUT2D eigenvalue weighted by atomic mass is 10.1. The largest absolute Gasteiger partial charge is 0.495 e. The first-order chi connectivity index (χ1) is 16.1. The molecule has 2 N–H and O–H groups in total. The van der Waals surface area contributed by atoms with Crippen molar-refractivity contribution in [1.29, 1.82) is 5.26 Å². The summed E-state index contributed by atoms with van der Waals surface area (Å²) in [6.45, 7) is 8.43.